The molecule has 5 nitrogen and oxygen atoms in total. The smallest absolute Gasteiger partial charge is 0.222 e. The van der Waals surface area contributed by atoms with Crippen LogP contribution in [0.1, 0.15) is 38.9 Å². The Labute approximate surface area is 173 Å². The molecule has 1 aromatic heterocycles. The lowest BCUT2D eigenvalue weighted by Gasteiger charge is -2.11. The summed E-state index contributed by atoms with van der Waals surface area (Å²) in [4.78, 5) is 16.6. The number of hydrogen-bond acceptors (Lipinski definition) is 3. The summed E-state index contributed by atoms with van der Waals surface area (Å²) in [5.74, 6) is 2.15. The van der Waals surface area contributed by atoms with Gasteiger partial charge in [0.1, 0.15) is 11.6 Å². The maximum absolute atomic E-state index is 11.7. The number of unbranched alkanes of at least 4 members (excludes halogenated alkanes) is 1. The molecule has 0 aliphatic rings. The fourth-order valence-corrected chi connectivity index (χ4v) is 3.31. The third-order valence-electron chi connectivity index (χ3n) is 4.92. The van der Waals surface area contributed by atoms with Crippen molar-refractivity contribution in [3.8, 4) is 5.75 Å². The first-order valence-corrected chi connectivity index (χ1v) is 10.5. The maximum Gasteiger partial charge on any atom is 0.222 e. The number of fused-ring (bicyclic) bond motifs is 1. The SMILES string of the molecule is CC(C)C(=O)NCCCc1nc2ccccc2n1CCCCOc1ccccc1. The molecule has 5 heteroatoms. The summed E-state index contributed by atoms with van der Waals surface area (Å²) in [6.45, 7) is 6.15. The van der Waals surface area contributed by atoms with E-state index in [0.29, 0.717) is 13.2 Å². The fraction of sp³-hybridized carbons (Fsp3) is 0.417. The number of aromatic nitrogens is 2. The Morgan fingerprint density at radius 3 is 2.59 bits per heavy atom. The molecule has 1 heterocycles. The average Bonchev–Trinajstić information content (AvgIpc) is 3.09. The molecule has 0 atom stereocenters. The third-order valence-corrected chi connectivity index (χ3v) is 4.92. The lowest BCUT2D eigenvalue weighted by molar-refractivity contribution is -0.123. The summed E-state index contributed by atoms with van der Waals surface area (Å²) in [5, 5.41) is 2.99. The van der Waals surface area contributed by atoms with E-state index in [2.05, 4.69) is 28.1 Å². The first-order chi connectivity index (χ1) is 14.1. The Bertz CT molecular complexity index is 903. The highest BCUT2D eigenvalue weighted by atomic mass is 16.5. The number of nitrogens with one attached hydrogen (secondary N) is 1. The first kappa shape index (κ1) is 20.9. The van der Waals surface area contributed by atoms with Crippen LogP contribution in [-0.4, -0.2) is 28.6 Å². The van der Waals surface area contributed by atoms with Crippen LogP contribution >= 0.6 is 0 Å². The fourth-order valence-electron chi connectivity index (χ4n) is 3.31. The predicted molar refractivity (Wildman–Crippen MR) is 117 cm³/mol. The number of aryl methyl sites for hydroxylation is 2. The molecule has 1 N–H and O–H groups in total. The monoisotopic (exact) mass is 393 g/mol. The van der Waals surface area contributed by atoms with Gasteiger partial charge in [-0.2, -0.15) is 0 Å². The quantitative estimate of drug-likeness (QED) is 0.484. The molecule has 0 radical (unpaired) electrons. The number of carbonyl (C=O) groups excluding carboxylic acids is 1. The summed E-state index contributed by atoms with van der Waals surface area (Å²) in [5.41, 5.74) is 2.21. The molecule has 154 valence electrons. The van der Waals surface area contributed by atoms with Crippen molar-refractivity contribution < 1.29 is 9.53 Å². The molecule has 3 rings (SSSR count). The van der Waals surface area contributed by atoms with Crippen molar-refractivity contribution in [2.45, 2.75) is 46.1 Å². The van der Waals surface area contributed by atoms with E-state index >= 15 is 0 Å². The normalized spacial score (nSPS) is 11.1. The molecule has 0 spiro atoms. The van der Waals surface area contributed by atoms with Crippen molar-refractivity contribution in [1.29, 1.82) is 0 Å². The maximum atomic E-state index is 11.7. The molecule has 0 aliphatic carbocycles. The highest BCUT2D eigenvalue weighted by Crippen LogP contribution is 2.18. The molecule has 1 amide bonds. The number of amides is 1. The first-order valence-electron chi connectivity index (χ1n) is 10.5. The minimum atomic E-state index is 0.0256. The van der Waals surface area contributed by atoms with E-state index in [-0.39, 0.29) is 11.8 Å². The van der Waals surface area contributed by atoms with Crippen LogP contribution in [0.3, 0.4) is 0 Å². The topological polar surface area (TPSA) is 56.2 Å². The standard InChI is InChI=1S/C24H31N3O2/c1-19(2)24(28)25-16-10-15-23-26-21-13-6-7-14-22(21)27(23)17-8-9-18-29-20-11-4-3-5-12-20/h3-7,11-14,19H,8-10,15-18H2,1-2H3,(H,25,28). The Morgan fingerprint density at radius 1 is 1.03 bits per heavy atom. The van der Waals surface area contributed by atoms with E-state index < -0.39 is 0 Å². The summed E-state index contributed by atoms with van der Waals surface area (Å²) >= 11 is 0. The van der Waals surface area contributed by atoms with Crippen LogP contribution in [0.25, 0.3) is 11.0 Å². The summed E-state index contributed by atoms with van der Waals surface area (Å²) in [6.07, 6.45) is 3.77. The molecule has 0 saturated heterocycles. The second-order valence-corrected chi connectivity index (χ2v) is 7.59. The summed E-state index contributed by atoms with van der Waals surface area (Å²) in [6, 6.07) is 18.2. The van der Waals surface area contributed by atoms with Gasteiger partial charge in [0.2, 0.25) is 5.91 Å². The Morgan fingerprint density at radius 2 is 1.79 bits per heavy atom. The van der Waals surface area contributed by atoms with Crippen molar-refractivity contribution in [3.05, 3.63) is 60.4 Å². The molecule has 0 aliphatic heterocycles. The second kappa shape index (κ2) is 10.6. The molecular weight excluding hydrogens is 362 g/mol. The molecule has 0 unspecified atom stereocenters. The van der Waals surface area contributed by atoms with Gasteiger partial charge in [0.05, 0.1) is 17.6 Å². The molecule has 0 saturated carbocycles. The summed E-state index contributed by atoms with van der Waals surface area (Å²) in [7, 11) is 0. The summed E-state index contributed by atoms with van der Waals surface area (Å²) < 4.78 is 8.12. The number of carbonyl (C=O) groups is 1. The van der Waals surface area contributed by atoms with Gasteiger partial charge in [-0.3, -0.25) is 4.79 Å². The Hall–Kier alpha value is -2.82. The van der Waals surface area contributed by atoms with Gasteiger partial charge in [0.15, 0.2) is 0 Å². The van der Waals surface area contributed by atoms with Crippen LogP contribution in [-0.2, 0) is 17.8 Å². The lowest BCUT2D eigenvalue weighted by atomic mass is 10.2. The minimum absolute atomic E-state index is 0.0256. The molecule has 3 aromatic rings. The molecule has 29 heavy (non-hydrogen) atoms. The van der Waals surface area contributed by atoms with Gasteiger partial charge in [-0.1, -0.05) is 44.2 Å². The van der Waals surface area contributed by atoms with Crippen LogP contribution in [0.5, 0.6) is 5.75 Å². The van der Waals surface area contributed by atoms with Crippen molar-refractivity contribution in [1.82, 2.24) is 14.9 Å². The number of nitrogens with zero attached hydrogens (tertiary/aromatic N) is 2. The molecule has 0 fully saturated rings. The molecule has 2 aromatic carbocycles. The van der Waals surface area contributed by atoms with Crippen molar-refractivity contribution >= 4 is 16.9 Å². The van der Waals surface area contributed by atoms with E-state index in [1.54, 1.807) is 0 Å². The van der Waals surface area contributed by atoms with Crippen molar-refractivity contribution in [3.63, 3.8) is 0 Å². The largest absolute Gasteiger partial charge is 0.494 e. The number of rotatable bonds is 11. The van der Waals surface area contributed by atoms with Gasteiger partial charge in [-0.15, -0.1) is 0 Å². The minimum Gasteiger partial charge on any atom is -0.494 e. The second-order valence-electron chi connectivity index (χ2n) is 7.59. The van der Waals surface area contributed by atoms with Crippen LogP contribution < -0.4 is 10.1 Å². The number of hydrogen-bond donors (Lipinski definition) is 1. The zero-order chi connectivity index (χ0) is 20.5. The van der Waals surface area contributed by atoms with E-state index in [4.69, 9.17) is 9.72 Å². The average molecular weight is 394 g/mol. The van der Waals surface area contributed by atoms with Crippen LogP contribution in [0, 0.1) is 5.92 Å². The van der Waals surface area contributed by atoms with Crippen molar-refractivity contribution in [2.75, 3.05) is 13.2 Å². The molecular formula is C24H31N3O2. The van der Waals surface area contributed by atoms with E-state index in [1.807, 2.05) is 50.2 Å². The van der Waals surface area contributed by atoms with E-state index in [1.165, 1.54) is 5.52 Å². The van der Waals surface area contributed by atoms with E-state index in [0.717, 1.165) is 49.3 Å². The molecule has 0 bridgehead atoms. The zero-order valence-corrected chi connectivity index (χ0v) is 17.4. The predicted octanol–water partition coefficient (Wildman–Crippen LogP) is 4.60. The van der Waals surface area contributed by atoms with Crippen LogP contribution in [0.2, 0.25) is 0 Å². The lowest BCUT2D eigenvalue weighted by Crippen LogP contribution is -2.28. The van der Waals surface area contributed by atoms with Gasteiger partial charge in [-0.25, -0.2) is 4.98 Å². The zero-order valence-electron chi connectivity index (χ0n) is 17.4. The highest BCUT2D eigenvalue weighted by molar-refractivity contribution is 5.77. The van der Waals surface area contributed by atoms with Crippen LogP contribution in [0.15, 0.2) is 54.6 Å². The Balaban J connectivity index is 1.53. The number of imidazole rings is 1. The number of ether oxygens (including phenoxy) is 1. The third kappa shape index (κ3) is 6.08. The number of benzene rings is 2. The van der Waals surface area contributed by atoms with Gasteiger partial charge >= 0.3 is 0 Å². The van der Waals surface area contributed by atoms with E-state index in [9.17, 15) is 4.79 Å². The van der Waals surface area contributed by atoms with Crippen LogP contribution in [0.4, 0.5) is 0 Å². The number of para-hydroxylation sites is 3. The van der Waals surface area contributed by atoms with Gasteiger partial charge in [0.25, 0.3) is 0 Å². The van der Waals surface area contributed by atoms with Gasteiger partial charge in [-0.05, 0) is 43.5 Å². The van der Waals surface area contributed by atoms with Gasteiger partial charge in [0, 0.05) is 25.4 Å². The van der Waals surface area contributed by atoms with Gasteiger partial charge < -0.3 is 14.6 Å². The highest BCUT2D eigenvalue weighted by Gasteiger charge is 2.11. The Kier molecular flexibility index (Phi) is 7.68. The van der Waals surface area contributed by atoms with Crippen molar-refractivity contribution in [2.24, 2.45) is 5.92 Å².